The molecule has 1 aliphatic rings. The molecule has 1 saturated heterocycles. The minimum Gasteiger partial charge on any atom is -0.493 e. The van der Waals surface area contributed by atoms with Gasteiger partial charge < -0.3 is 39.7 Å². The number of carboxylic acid groups (broad SMARTS) is 1. The molecule has 5 N–H and O–H groups in total. The second-order valence-corrected chi connectivity index (χ2v) is 5.43. The van der Waals surface area contributed by atoms with Crippen molar-refractivity contribution in [1.82, 2.24) is 0 Å². The molecule has 2 rings (SSSR count). The summed E-state index contributed by atoms with van der Waals surface area (Å²) in [6, 6.07) is 2.39. The fourth-order valence-corrected chi connectivity index (χ4v) is 2.41. The minimum absolute atomic E-state index is 0.0167. The van der Waals surface area contributed by atoms with Gasteiger partial charge in [0.15, 0.2) is 11.5 Å². The molecule has 1 fully saturated rings. The highest BCUT2D eigenvalue weighted by molar-refractivity contribution is 5.89. The summed E-state index contributed by atoms with van der Waals surface area (Å²) in [4.78, 5) is 11.1. The Kier molecular flexibility index (Phi) is 5.62. The molecule has 0 saturated carbocycles. The molecule has 9 nitrogen and oxygen atoms in total. The highest BCUT2D eigenvalue weighted by atomic mass is 16.7. The highest BCUT2D eigenvalue weighted by Crippen LogP contribution is 2.35. The molecule has 134 valence electrons. The zero-order chi connectivity index (χ0) is 18.0. The van der Waals surface area contributed by atoms with E-state index in [1.54, 1.807) is 0 Å². The zero-order valence-corrected chi connectivity index (χ0v) is 13.1. The first-order valence-electron chi connectivity index (χ1n) is 7.21. The molecule has 24 heavy (non-hydrogen) atoms. The molecule has 0 aromatic heterocycles. The summed E-state index contributed by atoms with van der Waals surface area (Å²) in [6.45, 7) is 0.949. The van der Waals surface area contributed by atoms with Gasteiger partial charge in [-0.1, -0.05) is 0 Å². The van der Waals surface area contributed by atoms with Crippen molar-refractivity contribution in [3.63, 3.8) is 0 Å². The summed E-state index contributed by atoms with van der Waals surface area (Å²) >= 11 is 0. The number of aliphatic hydroxyl groups excluding tert-OH is 4. The van der Waals surface area contributed by atoms with Crippen LogP contribution in [0.2, 0.25) is 0 Å². The Morgan fingerprint density at radius 3 is 2.42 bits per heavy atom. The van der Waals surface area contributed by atoms with Crippen LogP contribution in [0.25, 0.3) is 0 Å². The zero-order valence-electron chi connectivity index (χ0n) is 13.1. The molecule has 0 unspecified atom stereocenters. The van der Waals surface area contributed by atoms with E-state index in [2.05, 4.69) is 0 Å². The Labute approximate surface area is 137 Å². The average Bonchev–Trinajstić information content (AvgIpc) is 2.57. The predicted molar refractivity (Wildman–Crippen MR) is 78.9 cm³/mol. The van der Waals surface area contributed by atoms with Gasteiger partial charge in [0.25, 0.3) is 0 Å². The smallest absolute Gasteiger partial charge is 0.335 e. The average molecular weight is 344 g/mol. The van der Waals surface area contributed by atoms with Crippen LogP contribution in [-0.2, 0) is 11.3 Å². The summed E-state index contributed by atoms with van der Waals surface area (Å²) in [5.74, 6) is -1.22. The molecule has 9 heteroatoms. The van der Waals surface area contributed by atoms with E-state index in [9.17, 15) is 25.2 Å². The SMILES string of the molecule is COc1cc(C(=O)O)cc(CO)c1O[C@@H]1O[C@@H](C)[C@H](O)[C@@H](O)[C@H]1O. The number of methoxy groups -OCH3 is 1. The predicted octanol–water partition coefficient (Wildman–Crippen LogP) is -0.908. The minimum atomic E-state index is -1.55. The second kappa shape index (κ2) is 7.32. The number of ether oxygens (including phenoxy) is 3. The molecule has 0 aliphatic carbocycles. The van der Waals surface area contributed by atoms with Crippen LogP contribution < -0.4 is 9.47 Å². The second-order valence-electron chi connectivity index (χ2n) is 5.43. The van der Waals surface area contributed by atoms with Crippen LogP contribution in [0.4, 0.5) is 0 Å². The van der Waals surface area contributed by atoms with Crippen molar-refractivity contribution in [3.05, 3.63) is 23.3 Å². The third-order valence-corrected chi connectivity index (χ3v) is 3.81. The molecule has 1 aromatic rings. The number of hydrogen-bond acceptors (Lipinski definition) is 8. The Bertz CT molecular complexity index is 578. The lowest BCUT2D eigenvalue weighted by molar-refractivity contribution is -0.268. The molecule has 0 amide bonds. The molecular formula is C15H20O9. The van der Waals surface area contributed by atoms with E-state index in [4.69, 9.17) is 19.3 Å². The molecule has 1 heterocycles. The first kappa shape index (κ1) is 18.4. The molecule has 5 atom stereocenters. The van der Waals surface area contributed by atoms with Gasteiger partial charge in [0, 0.05) is 5.56 Å². The topological polar surface area (TPSA) is 146 Å². The van der Waals surface area contributed by atoms with Crippen molar-refractivity contribution < 1.29 is 44.5 Å². The van der Waals surface area contributed by atoms with Gasteiger partial charge in [0.1, 0.15) is 18.3 Å². The summed E-state index contributed by atoms with van der Waals surface area (Å²) in [5, 5.41) is 48.0. The summed E-state index contributed by atoms with van der Waals surface area (Å²) in [5.41, 5.74) is -0.00648. The maximum Gasteiger partial charge on any atom is 0.335 e. The van der Waals surface area contributed by atoms with Gasteiger partial charge in [-0.15, -0.1) is 0 Å². The van der Waals surface area contributed by atoms with Gasteiger partial charge in [0.2, 0.25) is 6.29 Å². The van der Waals surface area contributed by atoms with Gasteiger partial charge in [-0.3, -0.25) is 0 Å². The largest absolute Gasteiger partial charge is 0.493 e. The van der Waals surface area contributed by atoms with Gasteiger partial charge in [0.05, 0.1) is 25.4 Å². The third kappa shape index (κ3) is 3.45. The fourth-order valence-electron chi connectivity index (χ4n) is 2.41. The molecule has 0 radical (unpaired) electrons. The van der Waals surface area contributed by atoms with E-state index in [0.29, 0.717) is 0 Å². The Morgan fingerprint density at radius 2 is 1.88 bits per heavy atom. The van der Waals surface area contributed by atoms with Crippen LogP contribution in [0.1, 0.15) is 22.8 Å². The van der Waals surface area contributed by atoms with E-state index in [1.807, 2.05) is 0 Å². The number of aliphatic hydroxyl groups is 4. The van der Waals surface area contributed by atoms with Crippen molar-refractivity contribution in [1.29, 1.82) is 0 Å². The summed E-state index contributed by atoms with van der Waals surface area (Å²) < 4.78 is 15.9. The van der Waals surface area contributed by atoms with Crippen LogP contribution in [0.15, 0.2) is 12.1 Å². The molecule has 0 spiro atoms. The van der Waals surface area contributed by atoms with Gasteiger partial charge in [-0.25, -0.2) is 4.79 Å². The Balaban J connectivity index is 2.36. The van der Waals surface area contributed by atoms with Crippen molar-refractivity contribution >= 4 is 5.97 Å². The van der Waals surface area contributed by atoms with Gasteiger partial charge in [-0.2, -0.15) is 0 Å². The molecular weight excluding hydrogens is 324 g/mol. The van der Waals surface area contributed by atoms with E-state index in [0.717, 1.165) is 0 Å². The molecule has 1 aromatic carbocycles. The Morgan fingerprint density at radius 1 is 1.21 bits per heavy atom. The third-order valence-electron chi connectivity index (χ3n) is 3.81. The van der Waals surface area contributed by atoms with E-state index >= 15 is 0 Å². The van der Waals surface area contributed by atoms with Gasteiger partial charge in [-0.05, 0) is 19.1 Å². The van der Waals surface area contributed by atoms with Crippen molar-refractivity contribution in [2.45, 2.75) is 44.2 Å². The first-order valence-corrected chi connectivity index (χ1v) is 7.21. The standard InChI is InChI=1S/C15H20O9/c1-6-10(17)11(18)12(19)15(23-6)24-13-8(5-16)3-7(14(20)21)4-9(13)22-2/h3-4,6,10-12,15-19H,5H2,1-2H3,(H,20,21)/t6-,10-,11+,12+,15-/m0/s1. The van der Waals surface area contributed by atoms with Crippen LogP contribution in [0.5, 0.6) is 11.5 Å². The highest BCUT2D eigenvalue weighted by Gasteiger charge is 2.43. The number of aromatic carboxylic acids is 1. The van der Waals surface area contributed by atoms with Crippen LogP contribution in [0.3, 0.4) is 0 Å². The number of benzene rings is 1. The summed E-state index contributed by atoms with van der Waals surface area (Å²) in [7, 11) is 1.29. The van der Waals surface area contributed by atoms with Crippen molar-refractivity contribution in [2.75, 3.05) is 7.11 Å². The lowest BCUT2D eigenvalue weighted by atomic mass is 10.00. The van der Waals surface area contributed by atoms with Crippen LogP contribution >= 0.6 is 0 Å². The van der Waals surface area contributed by atoms with Crippen LogP contribution in [0, 0.1) is 0 Å². The Hall–Kier alpha value is -1.91. The van der Waals surface area contributed by atoms with Gasteiger partial charge >= 0.3 is 5.97 Å². The number of hydrogen-bond donors (Lipinski definition) is 5. The van der Waals surface area contributed by atoms with Crippen LogP contribution in [-0.4, -0.2) is 69.3 Å². The molecule has 1 aliphatic heterocycles. The van der Waals surface area contributed by atoms with E-state index in [1.165, 1.54) is 26.2 Å². The quantitative estimate of drug-likeness (QED) is 0.458. The normalized spacial score (nSPS) is 30.0. The maximum atomic E-state index is 11.1. The van der Waals surface area contributed by atoms with Crippen molar-refractivity contribution in [3.8, 4) is 11.5 Å². The first-order chi connectivity index (χ1) is 11.3. The number of carbonyl (C=O) groups is 1. The molecule has 0 bridgehead atoms. The summed E-state index contributed by atoms with van der Waals surface area (Å²) in [6.07, 6.45) is -6.47. The lowest BCUT2D eigenvalue weighted by Crippen LogP contribution is -2.58. The van der Waals surface area contributed by atoms with E-state index < -0.39 is 43.3 Å². The van der Waals surface area contributed by atoms with E-state index in [-0.39, 0.29) is 22.6 Å². The monoisotopic (exact) mass is 344 g/mol. The van der Waals surface area contributed by atoms with Crippen molar-refractivity contribution in [2.24, 2.45) is 0 Å². The fraction of sp³-hybridized carbons (Fsp3) is 0.533. The maximum absolute atomic E-state index is 11.1. The lowest BCUT2D eigenvalue weighted by Gasteiger charge is -2.39. The number of carboxylic acids is 1. The number of rotatable bonds is 5.